The average molecular weight is 339 g/mol. The van der Waals surface area contributed by atoms with Crippen molar-refractivity contribution < 1.29 is 4.74 Å². The van der Waals surface area contributed by atoms with Crippen molar-refractivity contribution in [2.24, 2.45) is 0 Å². The lowest BCUT2D eigenvalue weighted by Crippen LogP contribution is -2.25. The molecule has 25 heavy (non-hydrogen) atoms. The molecule has 134 valence electrons. The molecule has 0 aliphatic heterocycles. The van der Waals surface area contributed by atoms with E-state index in [1.807, 2.05) is 19.3 Å². The third-order valence-electron chi connectivity index (χ3n) is 4.30. The van der Waals surface area contributed by atoms with Gasteiger partial charge in [-0.3, -0.25) is 0 Å². The second-order valence-electron chi connectivity index (χ2n) is 6.10. The molecule has 0 bridgehead atoms. The van der Waals surface area contributed by atoms with Gasteiger partial charge in [-0.15, -0.1) is 6.58 Å². The molecule has 0 amide bonds. The van der Waals surface area contributed by atoms with Crippen LogP contribution in [0.1, 0.15) is 25.3 Å². The average Bonchev–Trinajstić information content (AvgIpc) is 2.65. The summed E-state index contributed by atoms with van der Waals surface area (Å²) in [7, 11) is 3.61. The SMILES string of the molecule is C=CCCN(CCC)c1cc(-c2cc(NC)ccc2C)cnc1OC. The minimum atomic E-state index is 0.670. The van der Waals surface area contributed by atoms with Gasteiger partial charge in [0.2, 0.25) is 5.88 Å². The van der Waals surface area contributed by atoms with Crippen molar-refractivity contribution in [3.05, 3.63) is 48.7 Å². The molecule has 4 heteroatoms. The summed E-state index contributed by atoms with van der Waals surface area (Å²) in [6.07, 6.45) is 5.84. The maximum Gasteiger partial charge on any atom is 0.237 e. The monoisotopic (exact) mass is 339 g/mol. The van der Waals surface area contributed by atoms with Gasteiger partial charge < -0.3 is 15.0 Å². The summed E-state index contributed by atoms with van der Waals surface area (Å²) in [5.74, 6) is 0.670. The molecule has 0 aliphatic rings. The number of aromatic nitrogens is 1. The van der Waals surface area contributed by atoms with E-state index < -0.39 is 0 Å². The highest BCUT2D eigenvalue weighted by atomic mass is 16.5. The number of hydrogen-bond acceptors (Lipinski definition) is 4. The molecule has 0 unspecified atom stereocenters. The second kappa shape index (κ2) is 9.11. The topological polar surface area (TPSA) is 37.4 Å². The molecule has 0 saturated carbocycles. The van der Waals surface area contributed by atoms with Crippen LogP contribution in [0.3, 0.4) is 0 Å². The van der Waals surface area contributed by atoms with E-state index in [-0.39, 0.29) is 0 Å². The summed E-state index contributed by atoms with van der Waals surface area (Å²) >= 11 is 0. The summed E-state index contributed by atoms with van der Waals surface area (Å²) in [5, 5.41) is 3.21. The van der Waals surface area contributed by atoms with Crippen molar-refractivity contribution in [2.45, 2.75) is 26.7 Å². The third-order valence-corrected chi connectivity index (χ3v) is 4.30. The fraction of sp³-hybridized carbons (Fsp3) is 0.381. The highest BCUT2D eigenvalue weighted by Gasteiger charge is 2.15. The van der Waals surface area contributed by atoms with Crippen LogP contribution in [-0.2, 0) is 0 Å². The quantitative estimate of drug-likeness (QED) is 0.659. The predicted octanol–water partition coefficient (Wildman–Crippen LogP) is 4.90. The molecule has 4 nitrogen and oxygen atoms in total. The second-order valence-corrected chi connectivity index (χ2v) is 6.10. The van der Waals surface area contributed by atoms with Crippen LogP contribution in [0.25, 0.3) is 11.1 Å². The Balaban J connectivity index is 2.50. The Labute approximate surface area is 151 Å². The molecular weight excluding hydrogens is 310 g/mol. The van der Waals surface area contributed by atoms with Gasteiger partial charge in [0.25, 0.3) is 0 Å². The Morgan fingerprint density at radius 3 is 2.72 bits per heavy atom. The van der Waals surface area contributed by atoms with Gasteiger partial charge in [-0.1, -0.05) is 19.1 Å². The van der Waals surface area contributed by atoms with Gasteiger partial charge in [0.15, 0.2) is 0 Å². The molecule has 0 radical (unpaired) electrons. The van der Waals surface area contributed by atoms with E-state index in [1.165, 1.54) is 11.1 Å². The van der Waals surface area contributed by atoms with Gasteiger partial charge in [-0.2, -0.15) is 0 Å². The van der Waals surface area contributed by atoms with E-state index in [9.17, 15) is 0 Å². The Morgan fingerprint density at radius 2 is 2.08 bits per heavy atom. The number of aryl methyl sites for hydroxylation is 1. The van der Waals surface area contributed by atoms with Crippen molar-refractivity contribution in [1.82, 2.24) is 4.98 Å². The first-order chi connectivity index (χ1) is 12.1. The zero-order valence-corrected chi connectivity index (χ0v) is 15.8. The molecule has 2 aromatic rings. The highest BCUT2D eigenvalue weighted by Crippen LogP contribution is 2.33. The molecule has 0 aliphatic carbocycles. The number of benzene rings is 1. The van der Waals surface area contributed by atoms with Gasteiger partial charge in [0.05, 0.1) is 7.11 Å². The van der Waals surface area contributed by atoms with Crippen LogP contribution in [0.2, 0.25) is 0 Å². The smallest absolute Gasteiger partial charge is 0.237 e. The van der Waals surface area contributed by atoms with E-state index in [0.29, 0.717) is 5.88 Å². The largest absolute Gasteiger partial charge is 0.480 e. The van der Waals surface area contributed by atoms with Crippen LogP contribution >= 0.6 is 0 Å². The third kappa shape index (κ3) is 4.53. The molecule has 1 N–H and O–H groups in total. The van der Waals surface area contributed by atoms with Gasteiger partial charge in [0.1, 0.15) is 5.69 Å². The minimum absolute atomic E-state index is 0.670. The van der Waals surface area contributed by atoms with Crippen molar-refractivity contribution in [3.63, 3.8) is 0 Å². The zero-order valence-electron chi connectivity index (χ0n) is 15.8. The normalized spacial score (nSPS) is 10.4. The van der Waals surface area contributed by atoms with Crippen molar-refractivity contribution in [1.29, 1.82) is 0 Å². The van der Waals surface area contributed by atoms with E-state index in [4.69, 9.17) is 4.74 Å². The van der Waals surface area contributed by atoms with Crippen LogP contribution in [0.4, 0.5) is 11.4 Å². The van der Waals surface area contributed by atoms with E-state index in [1.54, 1.807) is 7.11 Å². The number of ether oxygens (including phenoxy) is 1. The highest BCUT2D eigenvalue weighted by molar-refractivity contribution is 5.75. The lowest BCUT2D eigenvalue weighted by atomic mass is 10.0. The van der Waals surface area contributed by atoms with Gasteiger partial charge >= 0.3 is 0 Å². The lowest BCUT2D eigenvalue weighted by molar-refractivity contribution is 0.397. The number of rotatable bonds is 9. The van der Waals surface area contributed by atoms with Gasteiger partial charge in [-0.25, -0.2) is 4.98 Å². The molecule has 0 saturated heterocycles. The van der Waals surface area contributed by atoms with E-state index in [2.05, 4.69) is 59.9 Å². The Hall–Kier alpha value is -2.49. The molecule has 1 aromatic heterocycles. The van der Waals surface area contributed by atoms with E-state index >= 15 is 0 Å². The number of hydrogen-bond donors (Lipinski definition) is 1. The fourth-order valence-electron chi connectivity index (χ4n) is 2.93. The van der Waals surface area contributed by atoms with Crippen LogP contribution in [0.5, 0.6) is 5.88 Å². The molecule has 0 fully saturated rings. The standard InChI is InChI=1S/C21H29N3O/c1-6-8-12-24(11-7-2)20-13-17(15-23-21(20)25-5)19-14-18(22-4)10-9-16(19)3/h6,9-10,13-15,22H,1,7-8,11-12H2,2-5H3. The van der Waals surface area contributed by atoms with Crippen molar-refractivity contribution in [2.75, 3.05) is 37.5 Å². The summed E-state index contributed by atoms with van der Waals surface area (Å²) in [6.45, 7) is 10.0. The first kappa shape index (κ1) is 18.8. The van der Waals surface area contributed by atoms with Crippen molar-refractivity contribution >= 4 is 11.4 Å². The van der Waals surface area contributed by atoms with Gasteiger partial charge in [-0.05, 0) is 49.1 Å². The minimum Gasteiger partial charge on any atom is -0.480 e. The number of pyridine rings is 1. The number of nitrogens with zero attached hydrogens (tertiary/aromatic N) is 2. The number of methoxy groups -OCH3 is 1. The Morgan fingerprint density at radius 1 is 1.28 bits per heavy atom. The summed E-state index contributed by atoms with van der Waals surface area (Å²) in [6, 6.07) is 8.57. The number of nitrogens with one attached hydrogen (secondary N) is 1. The first-order valence-electron chi connectivity index (χ1n) is 8.83. The summed E-state index contributed by atoms with van der Waals surface area (Å²) in [4.78, 5) is 6.90. The van der Waals surface area contributed by atoms with Crippen molar-refractivity contribution in [3.8, 4) is 17.0 Å². The summed E-state index contributed by atoms with van der Waals surface area (Å²) in [5.41, 5.74) is 5.64. The maximum absolute atomic E-state index is 5.53. The fourth-order valence-corrected chi connectivity index (χ4v) is 2.93. The van der Waals surface area contributed by atoms with E-state index in [0.717, 1.165) is 42.9 Å². The predicted molar refractivity (Wildman–Crippen MR) is 108 cm³/mol. The molecule has 1 aromatic carbocycles. The lowest BCUT2D eigenvalue weighted by Gasteiger charge is -2.25. The van der Waals surface area contributed by atoms with Crippen LogP contribution in [0, 0.1) is 6.92 Å². The summed E-state index contributed by atoms with van der Waals surface area (Å²) < 4.78 is 5.53. The molecule has 0 atom stereocenters. The maximum atomic E-state index is 5.53. The van der Waals surface area contributed by atoms with Crippen LogP contribution in [-0.4, -0.2) is 32.2 Å². The Kier molecular flexibility index (Phi) is 6.87. The molecule has 0 spiro atoms. The van der Waals surface area contributed by atoms with Crippen LogP contribution in [0.15, 0.2) is 43.1 Å². The Bertz CT molecular complexity index is 712. The van der Waals surface area contributed by atoms with Gasteiger partial charge in [0, 0.05) is 37.6 Å². The molecule has 1 heterocycles. The first-order valence-corrected chi connectivity index (χ1v) is 8.83. The van der Waals surface area contributed by atoms with Crippen LogP contribution < -0.4 is 15.0 Å². The molecular formula is C21H29N3O. The molecule has 2 rings (SSSR count). The zero-order chi connectivity index (χ0) is 18.2. The number of anilines is 2.